The third-order valence-corrected chi connectivity index (χ3v) is 13.3. The van der Waals surface area contributed by atoms with E-state index in [-0.39, 0.29) is 8.41 Å². The summed E-state index contributed by atoms with van der Waals surface area (Å²) >= 11 is 2.44. The Morgan fingerprint density at radius 2 is 0.683 bits per heavy atom. The number of nitrogens with one attached hydrogen (secondary N) is 4. The average molecular weight is 1480 g/mol. The Morgan fingerprint density at radius 1 is 0.386 bits per heavy atom. The van der Waals surface area contributed by atoms with Gasteiger partial charge in [0.05, 0.1) is 58.7 Å². The predicted molar refractivity (Wildman–Crippen MR) is 400 cm³/mol. The van der Waals surface area contributed by atoms with Crippen LogP contribution in [0.15, 0.2) is 225 Å². The number of nitriles is 4. The number of aromatic nitrogens is 2. The van der Waals surface area contributed by atoms with Crippen LogP contribution in [0.3, 0.4) is 0 Å². The molecule has 6 aromatic carbocycles. The van der Waals surface area contributed by atoms with Gasteiger partial charge in [0.1, 0.15) is 50.8 Å². The van der Waals surface area contributed by atoms with E-state index in [9.17, 15) is 49.5 Å². The molecule has 0 spiro atoms. The first kappa shape index (κ1) is 83.7. The number of benzene rings is 6. The fourth-order valence-electron chi connectivity index (χ4n) is 7.31. The van der Waals surface area contributed by atoms with Gasteiger partial charge in [0, 0.05) is 28.3 Å². The summed E-state index contributed by atoms with van der Waals surface area (Å²) in [4.78, 5) is 9.37. The van der Waals surface area contributed by atoms with Crippen molar-refractivity contribution in [3.05, 3.63) is 233 Å². The van der Waals surface area contributed by atoms with Gasteiger partial charge in [-0.05, 0) is 117 Å². The first-order valence-electron chi connectivity index (χ1n) is 28.2. The topological polar surface area (TPSA) is 487 Å². The Hall–Kier alpha value is -11.5. The van der Waals surface area contributed by atoms with E-state index in [1.807, 2.05) is 202 Å². The number of para-hydroxylation sites is 4. The number of nitrogens with two attached hydrogens (primary N) is 1. The number of hydrogen-bond acceptors (Lipinski definition) is 27. The van der Waals surface area contributed by atoms with Gasteiger partial charge in [-0.2, -0.15) is 54.7 Å². The molecule has 0 aliphatic rings. The Balaban J connectivity index is 0.000000367. The lowest BCUT2D eigenvalue weighted by atomic mass is 10.1. The van der Waals surface area contributed by atoms with Gasteiger partial charge in [-0.15, -0.1) is 30.7 Å². The summed E-state index contributed by atoms with van der Waals surface area (Å²) in [6.45, 7) is 5.71. The van der Waals surface area contributed by atoms with Crippen LogP contribution in [-0.4, -0.2) is 95.3 Å². The fourth-order valence-corrected chi connectivity index (χ4v) is 8.76. The maximum atomic E-state index is 10.0. The zero-order chi connectivity index (χ0) is 74.1. The number of pyridine rings is 2. The Kier molecular flexibility index (Phi) is 34.0. The highest BCUT2D eigenvalue weighted by Crippen LogP contribution is 2.41. The van der Waals surface area contributed by atoms with Crippen LogP contribution in [0.2, 0.25) is 0 Å². The van der Waals surface area contributed by atoms with Crippen molar-refractivity contribution in [2.24, 2.45) is 30.7 Å². The molecule has 0 saturated heterocycles. The first-order chi connectivity index (χ1) is 47.1. The van der Waals surface area contributed by atoms with E-state index in [2.05, 4.69) is 75.1 Å². The molecular formula is C65H67BN17O12S6-. The highest BCUT2D eigenvalue weighted by molar-refractivity contribution is 7.85. The predicted octanol–water partition coefficient (Wildman–Crippen LogP) is 14.8. The number of anilines is 9. The molecule has 0 fully saturated rings. The molecule has 524 valence electrons. The summed E-state index contributed by atoms with van der Waals surface area (Å²) in [5, 5.41) is 78.4. The van der Waals surface area contributed by atoms with Crippen molar-refractivity contribution in [2.75, 3.05) is 52.0 Å². The van der Waals surface area contributed by atoms with Gasteiger partial charge < -0.3 is 27.0 Å². The van der Waals surface area contributed by atoms with E-state index in [0.29, 0.717) is 102 Å². The molecule has 36 heteroatoms. The molecule has 0 unspecified atom stereocenters. The van der Waals surface area contributed by atoms with Crippen LogP contribution in [-0.2, 0) is 40.5 Å². The second-order valence-corrected chi connectivity index (χ2v) is 27.8. The highest BCUT2D eigenvalue weighted by Gasteiger charge is 2.20. The Labute approximate surface area is 594 Å². The van der Waals surface area contributed by atoms with Crippen LogP contribution in [0.25, 0.3) is 0 Å². The molecule has 0 aliphatic carbocycles. The largest absolute Gasteiger partial charge is 0.389 e. The van der Waals surface area contributed by atoms with Crippen molar-refractivity contribution in [2.45, 2.75) is 20.8 Å². The van der Waals surface area contributed by atoms with Gasteiger partial charge in [-0.25, -0.2) is 9.97 Å². The summed E-state index contributed by atoms with van der Waals surface area (Å²) < 4.78 is 103. The molecule has 4 heterocycles. The van der Waals surface area contributed by atoms with E-state index in [1.165, 1.54) is 22.7 Å². The van der Waals surface area contributed by atoms with E-state index in [0.717, 1.165) is 45.4 Å². The minimum Gasteiger partial charge on any atom is -0.389 e. The summed E-state index contributed by atoms with van der Waals surface area (Å²) in [6, 6.07) is 69.2. The molecule has 0 aliphatic heterocycles. The van der Waals surface area contributed by atoms with Crippen molar-refractivity contribution >= 4 is 155 Å². The van der Waals surface area contributed by atoms with Crippen LogP contribution < -0.4 is 27.0 Å². The maximum absolute atomic E-state index is 10.0. The summed E-state index contributed by atoms with van der Waals surface area (Å²) in [6.07, 6.45) is 2.86. The summed E-state index contributed by atoms with van der Waals surface area (Å²) in [5.74, 6) is 2.10. The fraction of sp³-hybridized carbons (Fsp3) is 0.108. The molecule has 0 bridgehead atoms. The second-order valence-electron chi connectivity index (χ2n) is 19.9. The van der Waals surface area contributed by atoms with E-state index in [1.54, 1.807) is 19.1 Å². The SMILES string of the molecule is CS(=O)(=O)O.CS(=O)(=O)O.CS(=O)(=O)O.CS(=O)(=O)O.Cc1c(C#N)c(Nc2ccccc2)nc(Nc2ccccc2)c1N=Nc1sc(N=Nc2ccccc2)cc1C#N.Cc1c(Nc2ccccc2)nc(Nc2ccccc2)c(C#N)c1C.N#Cc1cc(N=Nc2ccccc2)sc1N.[BH4-]. The van der Waals surface area contributed by atoms with Crippen LogP contribution >= 0.6 is 22.7 Å². The monoisotopic (exact) mass is 1480 g/mol. The smallest absolute Gasteiger partial charge is 0.261 e. The van der Waals surface area contributed by atoms with Crippen molar-refractivity contribution in [1.29, 1.82) is 21.0 Å². The number of nitrogens with zero attached hydrogens (tertiary/aromatic N) is 12. The van der Waals surface area contributed by atoms with E-state index >= 15 is 0 Å². The Bertz CT molecular complexity index is 4950. The summed E-state index contributed by atoms with van der Waals surface area (Å²) in [7, 11) is -14.7. The Morgan fingerprint density at radius 3 is 1.02 bits per heavy atom. The number of thiophene rings is 2. The lowest BCUT2D eigenvalue weighted by molar-refractivity contribution is 0.488. The van der Waals surface area contributed by atoms with Gasteiger partial charge in [0.25, 0.3) is 40.5 Å². The van der Waals surface area contributed by atoms with Crippen LogP contribution in [0.5, 0.6) is 0 Å². The minimum atomic E-state index is -3.67. The normalized spacial score (nSPS) is 10.6. The molecule has 0 radical (unpaired) electrons. The van der Waals surface area contributed by atoms with Crippen LogP contribution in [0.1, 0.15) is 38.9 Å². The van der Waals surface area contributed by atoms with Gasteiger partial charge in [-0.1, -0.05) is 140 Å². The van der Waals surface area contributed by atoms with Crippen molar-refractivity contribution in [3.8, 4) is 24.3 Å². The number of nitrogen functional groups attached to an aromatic ring is 1. The quantitative estimate of drug-likeness (QED) is 0.0277. The minimum absolute atomic E-state index is 0. The number of rotatable bonds is 14. The van der Waals surface area contributed by atoms with Gasteiger partial charge in [0.2, 0.25) is 0 Å². The third-order valence-electron chi connectivity index (χ3n) is 11.5. The maximum Gasteiger partial charge on any atom is 0.261 e. The molecule has 29 nitrogen and oxygen atoms in total. The average Bonchev–Trinajstić information content (AvgIpc) is 1.29. The highest BCUT2D eigenvalue weighted by atomic mass is 32.2. The molecule has 4 aromatic heterocycles. The zero-order valence-electron chi connectivity index (χ0n) is 53.9. The summed E-state index contributed by atoms with van der Waals surface area (Å²) in [5.41, 5.74) is 15.0. The van der Waals surface area contributed by atoms with Gasteiger partial charge >= 0.3 is 0 Å². The lowest BCUT2D eigenvalue weighted by Gasteiger charge is -2.16. The standard InChI is InChI=1S/C30H21N9S.C20H18N4.C11H8N4S.4CH4O3S.BH4/c1-20-25(19-32)28(33-22-11-5-2-6-12-22)35-29(34-23-13-7-3-8-14-23)27(20)38-39-30-21(18-31)17-26(40-30)37-36-24-15-9-4-10-16-24;1-14-15(2)19(22-16-9-5-3-6-10-16)24-20(18(14)13-21)23-17-11-7-4-8-12-17;12-7-8-6-10(16-11(8)13)15-14-9-4-2-1-3-5-9;4*1-5(2,3)4;/h2-17H,1H3,(H2,33,34,35);3-12H,1-2H3,(H2,22,23,24);1-6H,13H2;4*1H3,(H,2,3,4);1H4/q;;;;;;;-1. The molecule has 10 N–H and O–H groups in total. The molecule has 0 amide bonds. The molecular weight excluding hydrogens is 1410 g/mol. The lowest BCUT2D eigenvalue weighted by Crippen LogP contribution is -2.05. The van der Waals surface area contributed by atoms with E-state index < -0.39 is 40.5 Å². The molecule has 101 heavy (non-hydrogen) atoms. The molecule has 0 saturated carbocycles. The van der Waals surface area contributed by atoms with Gasteiger partial charge in [-0.3, -0.25) is 18.2 Å². The van der Waals surface area contributed by atoms with Crippen molar-refractivity contribution in [3.63, 3.8) is 0 Å². The molecule has 0 atom stereocenters. The molecule has 10 rings (SSSR count). The van der Waals surface area contributed by atoms with Gasteiger partial charge in [0.15, 0.2) is 22.5 Å². The number of hydrogen-bond donors (Lipinski definition) is 9. The first-order valence-corrected chi connectivity index (χ1v) is 37.2. The second kappa shape index (κ2) is 41.0. The van der Waals surface area contributed by atoms with Crippen LogP contribution in [0.4, 0.5) is 83.1 Å². The van der Waals surface area contributed by atoms with E-state index in [4.69, 9.17) is 34.2 Å². The third kappa shape index (κ3) is 34.0. The zero-order valence-corrected chi connectivity index (χ0v) is 58.8. The van der Waals surface area contributed by atoms with Crippen molar-refractivity contribution < 1.29 is 51.9 Å². The van der Waals surface area contributed by atoms with Crippen molar-refractivity contribution in [1.82, 2.24) is 9.97 Å². The van der Waals surface area contributed by atoms with Crippen LogP contribution in [0, 0.1) is 66.1 Å². The number of azo groups is 3. The molecule has 10 aromatic rings.